The maximum Gasteiger partial charge on any atom is 0.231 e. The fourth-order valence-corrected chi connectivity index (χ4v) is 0.752. The number of aliphatic hydroxyl groups excluding tert-OH is 2. The molecule has 2 N–H and O–H groups in total. The Labute approximate surface area is 72.8 Å². The molecule has 4 heteroatoms. The maximum atomic E-state index is 11.5. The van der Waals surface area contributed by atoms with Gasteiger partial charge in [0.2, 0.25) is 5.91 Å². The van der Waals surface area contributed by atoms with Crippen molar-refractivity contribution in [1.29, 1.82) is 0 Å². The van der Waals surface area contributed by atoms with Gasteiger partial charge in [-0.25, -0.2) is 0 Å². The predicted octanol–water partition coefficient (Wildman–Crippen LogP) is 0.151. The van der Waals surface area contributed by atoms with Crippen molar-refractivity contribution in [2.45, 2.75) is 27.2 Å². The second kappa shape index (κ2) is 4.42. The molecule has 0 spiro atoms. The minimum absolute atomic E-state index is 0.227. The van der Waals surface area contributed by atoms with Crippen molar-refractivity contribution in [2.24, 2.45) is 5.41 Å². The van der Waals surface area contributed by atoms with Crippen molar-refractivity contribution in [1.82, 2.24) is 4.90 Å². The quantitative estimate of drug-likeness (QED) is 0.598. The zero-order valence-electron chi connectivity index (χ0n) is 7.87. The third kappa shape index (κ3) is 2.46. The second-order valence-corrected chi connectivity index (χ2v) is 3.37. The SMILES string of the molecule is CCC(C)(C)C(=O)N(CO)CO. The van der Waals surface area contributed by atoms with Crippen LogP contribution in [-0.4, -0.2) is 34.5 Å². The van der Waals surface area contributed by atoms with Gasteiger partial charge in [-0.05, 0) is 6.42 Å². The highest BCUT2D eigenvalue weighted by molar-refractivity contribution is 5.81. The Kier molecular flexibility index (Phi) is 4.20. The third-order valence-electron chi connectivity index (χ3n) is 2.09. The van der Waals surface area contributed by atoms with E-state index in [-0.39, 0.29) is 5.91 Å². The Morgan fingerprint density at radius 2 is 1.75 bits per heavy atom. The summed E-state index contributed by atoms with van der Waals surface area (Å²) < 4.78 is 0. The van der Waals surface area contributed by atoms with Crippen molar-refractivity contribution in [3.8, 4) is 0 Å². The van der Waals surface area contributed by atoms with Crippen LogP contribution in [0.1, 0.15) is 27.2 Å². The Morgan fingerprint density at radius 3 is 2.00 bits per heavy atom. The van der Waals surface area contributed by atoms with E-state index in [4.69, 9.17) is 10.2 Å². The smallest absolute Gasteiger partial charge is 0.231 e. The largest absolute Gasteiger partial charge is 0.376 e. The molecule has 0 fully saturated rings. The van der Waals surface area contributed by atoms with Crippen LogP contribution in [0.15, 0.2) is 0 Å². The van der Waals surface area contributed by atoms with Gasteiger partial charge in [0, 0.05) is 5.41 Å². The number of hydrogen-bond donors (Lipinski definition) is 2. The van der Waals surface area contributed by atoms with E-state index in [1.54, 1.807) is 13.8 Å². The summed E-state index contributed by atoms with van der Waals surface area (Å²) in [4.78, 5) is 12.5. The van der Waals surface area contributed by atoms with E-state index in [0.29, 0.717) is 6.42 Å². The molecule has 0 saturated heterocycles. The molecule has 0 aliphatic carbocycles. The minimum atomic E-state index is -0.508. The summed E-state index contributed by atoms with van der Waals surface area (Å²) in [5.41, 5.74) is -0.508. The Bertz CT molecular complexity index is 152. The van der Waals surface area contributed by atoms with Crippen molar-refractivity contribution in [2.75, 3.05) is 13.5 Å². The third-order valence-corrected chi connectivity index (χ3v) is 2.09. The summed E-state index contributed by atoms with van der Waals surface area (Å²) in [5.74, 6) is -0.227. The molecule has 0 aromatic rings. The number of amides is 1. The highest BCUT2D eigenvalue weighted by Gasteiger charge is 2.29. The molecule has 0 unspecified atom stereocenters. The lowest BCUT2D eigenvalue weighted by Gasteiger charge is -2.28. The zero-order chi connectivity index (χ0) is 9.78. The van der Waals surface area contributed by atoms with Gasteiger partial charge in [-0.15, -0.1) is 0 Å². The van der Waals surface area contributed by atoms with Crippen LogP contribution in [0.5, 0.6) is 0 Å². The first-order chi connectivity index (χ1) is 5.49. The number of rotatable bonds is 4. The predicted molar refractivity (Wildman–Crippen MR) is 45.1 cm³/mol. The fraction of sp³-hybridized carbons (Fsp3) is 0.875. The monoisotopic (exact) mass is 175 g/mol. The van der Waals surface area contributed by atoms with Gasteiger partial charge < -0.3 is 10.2 Å². The second-order valence-electron chi connectivity index (χ2n) is 3.37. The molecular weight excluding hydrogens is 158 g/mol. The molecule has 72 valence electrons. The molecule has 0 aliphatic rings. The van der Waals surface area contributed by atoms with E-state index >= 15 is 0 Å². The van der Waals surface area contributed by atoms with Gasteiger partial charge in [-0.2, -0.15) is 0 Å². The number of nitrogens with zero attached hydrogens (tertiary/aromatic N) is 1. The van der Waals surface area contributed by atoms with Gasteiger partial charge in [-0.3, -0.25) is 9.69 Å². The van der Waals surface area contributed by atoms with Gasteiger partial charge in [0.05, 0.1) is 0 Å². The van der Waals surface area contributed by atoms with E-state index < -0.39 is 18.9 Å². The molecule has 1 amide bonds. The lowest BCUT2D eigenvalue weighted by atomic mass is 9.89. The number of aliphatic hydroxyl groups is 2. The molecule has 0 bridgehead atoms. The van der Waals surface area contributed by atoms with Crippen molar-refractivity contribution >= 4 is 5.91 Å². The van der Waals surface area contributed by atoms with Gasteiger partial charge in [0.25, 0.3) is 0 Å². The molecule has 0 saturated carbocycles. The average molecular weight is 175 g/mol. The van der Waals surface area contributed by atoms with E-state index in [0.717, 1.165) is 4.90 Å². The van der Waals surface area contributed by atoms with E-state index in [2.05, 4.69) is 0 Å². The molecule has 0 aromatic heterocycles. The highest BCUT2D eigenvalue weighted by Crippen LogP contribution is 2.22. The zero-order valence-corrected chi connectivity index (χ0v) is 7.87. The molecule has 4 nitrogen and oxygen atoms in total. The van der Waals surface area contributed by atoms with Gasteiger partial charge in [-0.1, -0.05) is 20.8 Å². The van der Waals surface area contributed by atoms with E-state index in [1.165, 1.54) is 0 Å². The van der Waals surface area contributed by atoms with Crippen LogP contribution in [0.25, 0.3) is 0 Å². The summed E-state index contributed by atoms with van der Waals surface area (Å²) in [6.07, 6.45) is 0.683. The highest BCUT2D eigenvalue weighted by atomic mass is 16.3. The summed E-state index contributed by atoms with van der Waals surface area (Å²) in [7, 11) is 0. The first-order valence-corrected chi connectivity index (χ1v) is 4.00. The number of carbonyl (C=O) groups is 1. The summed E-state index contributed by atoms with van der Waals surface area (Å²) >= 11 is 0. The summed E-state index contributed by atoms with van der Waals surface area (Å²) in [6.45, 7) is 4.60. The Hall–Kier alpha value is -0.610. The van der Waals surface area contributed by atoms with Crippen LogP contribution in [-0.2, 0) is 4.79 Å². The number of carbonyl (C=O) groups excluding carboxylic acids is 1. The average Bonchev–Trinajstić information content (AvgIpc) is 2.06. The Balaban J connectivity index is 4.35. The van der Waals surface area contributed by atoms with Crippen molar-refractivity contribution < 1.29 is 15.0 Å². The molecule has 0 atom stereocenters. The molecular formula is C8H17NO3. The van der Waals surface area contributed by atoms with Gasteiger partial charge >= 0.3 is 0 Å². The molecule has 0 radical (unpaired) electrons. The summed E-state index contributed by atoms with van der Waals surface area (Å²) in [6, 6.07) is 0. The minimum Gasteiger partial charge on any atom is -0.376 e. The van der Waals surface area contributed by atoms with Crippen LogP contribution in [0, 0.1) is 5.41 Å². The number of hydrogen-bond acceptors (Lipinski definition) is 3. The van der Waals surface area contributed by atoms with Crippen LogP contribution in [0.4, 0.5) is 0 Å². The van der Waals surface area contributed by atoms with Crippen molar-refractivity contribution in [3.05, 3.63) is 0 Å². The van der Waals surface area contributed by atoms with Gasteiger partial charge in [0.15, 0.2) is 0 Å². The van der Waals surface area contributed by atoms with Crippen LogP contribution in [0.2, 0.25) is 0 Å². The molecule has 12 heavy (non-hydrogen) atoms. The first-order valence-electron chi connectivity index (χ1n) is 4.00. The van der Waals surface area contributed by atoms with Crippen LogP contribution >= 0.6 is 0 Å². The first kappa shape index (κ1) is 11.4. The van der Waals surface area contributed by atoms with Gasteiger partial charge in [0.1, 0.15) is 13.5 Å². The van der Waals surface area contributed by atoms with Crippen LogP contribution in [0.3, 0.4) is 0 Å². The molecule has 0 aliphatic heterocycles. The molecule has 0 rings (SSSR count). The topological polar surface area (TPSA) is 60.8 Å². The standard InChI is InChI=1S/C8H17NO3/c1-4-8(2,3)7(12)9(5-10)6-11/h10-11H,4-6H2,1-3H3. The normalized spacial score (nSPS) is 11.4. The lowest BCUT2D eigenvalue weighted by molar-refractivity contribution is -0.149. The lowest BCUT2D eigenvalue weighted by Crippen LogP contribution is -2.41. The van der Waals surface area contributed by atoms with E-state index in [1.807, 2.05) is 6.92 Å². The fourth-order valence-electron chi connectivity index (χ4n) is 0.752. The molecule has 0 heterocycles. The van der Waals surface area contributed by atoms with Crippen molar-refractivity contribution in [3.63, 3.8) is 0 Å². The summed E-state index contributed by atoms with van der Waals surface area (Å²) in [5, 5.41) is 17.4. The molecule has 0 aromatic carbocycles. The maximum absolute atomic E-state index is 11.5. The Morgan fingerprint density at radius 1 is 1.33 bits per heavy atom. The van der Waals surface area contributed by atoms with Crippen LogP contribution < -0.4 is 0 Å². The van der Waals surface area contributed by atoms with E-state index in [9.17, 15) is 4.79 Å².